The van der Waals surface area contributed by atoms with Crippen molar-refractivity contribution < 1.29 is 24.1 Å². The fourth-order valence-corrected chi connectivity index (χ4v) is 3.13. The Morgan fingerprint density at radius 1 is 1.15 bits per heavy atom. The van der Waals surface area contributed by atoms with Gasteiger partial charge in [0.2, 0.25) is 0 Å². The number of H-pyrrole nitrogens is 1. The third-order valence-corrected chi connectivity index (χ3v) is 4.55. The molecule has 1 aromatic carbocycles. The van der Waals surface area contributed by atoms with Crippen LogP contribution in [0.25, 0.3) is 10.9 Å². The van der Waals surface area contributed by atoms with Crippen LogP contribution in [-0.4, -0.2) is 49.8 Å². The van der Waals surface area contributed by atoms with Crippen LogP contribution in [-0.2, 0) is 14.2 Å². The highest BCUT2D eigenvalue weighted by Gasteiger charge is 2.22. The predicted molar refractivity (Wildman–Crippen MR) is 101 cm³/mol. The summed E-state index contributed by atoms with van der Waals surface area (Å²) in [5.41, 5.74) is 2.28. The summed E-state index contributed by atoms with van der Waals surface area (Å²) in [6.45, 7) is 0. The highest BCUT2D eigenvalue weighted by molar-refractivity contribution is 5.83. The van der Waals surface area contributed by atoms with Crippen LogP contribution in [0.5, 0.6) is 5.75 Å². The number of aromatic nitrogens is 2. The maximum atomic E-state index is 10.8. The zero-order chi connectivity index (χ0) is 19.4. The molecule has 2 unspecified atom stereocenters. The SMILES string of the molecule is COC1=C(OC)C(OC)C=CC(CC(O)c2[nH]nc3cc(OC)ccc23)=C1. The number of benzene rings is 1. The van der Waals surface area contributed by atoms with Gasteiger partial charge >= 0.3 is 0 Å². The van der Waals surface area contributed by atoms with Gasteiger partial charge in [-0.3, -0.25) is 5.10 Å². The molecule has 27 heavy (non-hydrogen) atoms. The highest BCUT2D eigenvalue weighted by Crippen LogP contribution is 2.31. The molecule has 1 aromatic heterocycles. The van der Waals surface area contributed by atoms with E-state index >= 15 is 0 Å². The Kier molecular flexibility index (Phi) is 5.83. The van der Waals surface area contributed by atoms with E-state index in [0.717, 1.165) is 22.2 Å². The van der Waals surface area contributed by atoms with E-state index < -0.39 is 6.10 Å². The first-order valence-electron chi connectivity index (χ1n) is 8.55. The smallest absolute Gasteiger partial charge is 0.170 e. The lowest BCUT2D eigenvalue weighted by atomic mass is 10.0. The Morgan fingerprint density at radius 2 is 1.96 bits per heavy atom. The quantitative estimate of drug-likeness (QED) is 0.777. The first-order chi connectivity index (χ1) is 13.1. The van der Waals surface area contributed by atoms with Gasteiger partial charge in [-0.25, -0.2) is 0 Å². The second kappa shape index (κ2) is 8.28. The molecule has 0 amide bonds. The Hall–Kier alpha value is -2.77. The topological polar surface area (TPSA) is 85.8 Å². The van der Waals surface area contributed by atoms with Crippen molar-refractivity contribution in [3.05, 3.63) is 59.2 Å². The van der Waals surface area contributed by atoms with Crippen LogP contribution in [0.3, 0.4) is 0 Å². The van der Waals surface area contributed by atoms with Crippen LogP contribution in [0.15, 0.2) is 53.5 Å². The number of hydrogen-bond donors (Lipinski definition) is 2. The summed E-state index contributed by atoms with van der Waals surface area (Å²) in [4.78, 5) is 0. The molecule has 0 saturated heterocycles. The molecular formula is C20H24N2O5. The molecular weight excluding hydrogens is 348 g/mol. The zero-order valence-corrected chi connectivity index (χ0v) is 15.9. The number of nitrogens with zero attached hydrogens (tertiary/aromatic N) is 1. The van der Waals surface area contributed by atoms with Crippen molar-refractivity contribution in [1.82, 2.24) is 10.2 Å². The van der Waals surface area contributed by atoms with Crippen LogP contribution in [0.2, 0.25) is 0 Å². The molecule has 1 aliphatic carbocycles. The van der Waals surface area contributed by atoms with E-state index in [0.29, 0.717) is 23.6 Å². The number of fused-ring (bicyclic) bond motifs is 1. The van der Waals surface area contributed by atoms with Crippen LogP contribution in [0, 0.1) is 0 Å². The molecule has 2 N–H and O–H groups in total. The highest BCUT2D eigenvalue weighted by atomic mass is 16.5. The molecule has 0 fully saturated rings. The molecule has 2 aromatic rings. The number of ether oxygens (including phenoxy) is 4. The van der Waals surface area contributed by atoms with Crippen molar-refractivity contribution in [2.75, 3.05) is 28.4 Å². The van der Waals surface area contributed by atoms with Gasteiger partial charge in [0.1, 0.15) is 18.0 Å². The largest absolute Gasteiger partial charge is 0.497 e. The van der Waals surface area contributed by atoms with Crippen LogP contribution in [0.1, 0.15) is 18.2 Å². The lowest BCUT2D eigenvalue weighted by molar-refractivity contribution is 0.0978. The van der Waals surface area contributed by atoms with Crippen LogP contribution in [0.4, 0.5) is 0 Å². The summed E-state index contributed by atoms with van der Waals surface area (Å²) in [6.07, 6.45) is 4.89. The molecule has 7 heteroatoms. The molecule has 0 radical (unpaired) electrons. The summed E-state index contributed by atoms with van der Waals surface area (Å²) < 4.78 is 21.5. The van der Waals surface area contributed by atoms with Gasteiger partial charge in [-0.15, -0.1) is 0 Å². The Morgan fingerprint density at radius 3 is 2.63 bits per heavy atom. The molecule has 1 heterocycles. The number of hydrogen-bond acceptors (Lipinski definition) is 6. The van der Waals surface area contributed by atoms with Gasteiger partial charge in [-0.2, -0.15) is 5.10 Å². The molecule has 144 valence electrons. The molecule has 3 rings (SSSR count). The van der Waals surface area contributed by atoms with Gasteiger partial charge in [0, 0.05) is 25.0 Å². The maximum Gasteiger partial charge on any atom is 0.170 e. The van der Waals surface area contributed by atoms with E-state index in [1.807, 2.05) is 36.4 Å². The van der Waals surface area contributed by atoms with Crippen molar-refractivity contribution in [1.29, 1.82) is 0 Å². The van der Waals surface area contributed by atoms with Gasteiger partial charge < -0.3 is 24.1 Å². The molecule has 0 spiro atoms. The third kappa shape index (κ3) is 3.84. The van der Waals surface area contributed by atoms with Gasteiger partial charge in [0.05, 0.1) is 32.5 Å². The lowest BCUT2D eigenvalue weighted by Crippen LogP contribution is -2.14. The van der Waals surface area contributed by atoms with Crippen molar-refractivity contribution in [2.24, 2.45) is 0 Å². The molecule has 2 atom stereocenters. The monoisotopic (exact) mass is 372 g/mol. The maximum absolute atomic E-state index is 10.8. The fraction of sp³-hybridized carbons (Fsp3) is 0.350. The number of aromatic amines is 1. The molecule has 7 nitrogen and oxygen atoms in total. The number of aliphatic hydroxyl groups is 1. The van der Waals surface area contributed by atoms with E-state index in [2.05, 4.69) is 10.2 Å². The minimum Gasteiger partial charge on any atom is -0.497 e. The van der Waals surface area contributed by atoms with Gasteiger partial charge in [0.25, 0.3) is 0 Å². The van der Waals surface area contributed by atoms with Crippen molar-refractivity contribution in [3.63, 3.8) is 0 Å². The number of allylic oxidation sites excluding steroid dienone is 2. The van der Waals surface area contributed by atoms with Gasteiger partial charge in [-0.05, 0) is 29.9 Å². The van der Waals surface area contributed by atoms with Crippen molar-refractivity contribution in [2.45, 2.75) is 18.6 Å². The average molecular weight is 372 g/mol. The average Bonchev–Trinajstić information content (AvgIpc) is 3.04. The van der Waals surface area contributed by atoms with Crippen LogP contribution >= 0.6 is 0 Å². The summed E-state index contributed by atoms with van der Waals surface area (Å²) >= 11 is 0. The number of nitrogens with one attached hydrogen (secondary N) is 1. The van der Waals surface area contributed by atoms with Crippen molar-refractivity contribution in [3.8, 4) is 5.75 Å². The van der Waals surface area contributed by atoms with Crippen LogP contribution < -0.4 is 4.74 Å². The summed E-state index contributed by atoms with van der Waals surface area (Å²) in [5, 5.41) is 18.8. The van der Waals surface area contributed by atoms with Crippen molar-refractivity contribution >= 4 is 10.9 Å². The Labute approximate surface area is 157 Å². The number of aliphatic hydroxyl groups excluding tert-OH is 1. The Bertz CT molecular complexity index is 897. The normalized spacial score (nSPS) is 18.3. The van der Waals surface area contributed by atoms with Gasteiger partial charge in [-0.1, -0.05) is 6.08 Å². The molecule has 0 bridgehead atoms. The molecule has 0 saturated carbocycles. The lowest BCUT2D eigenvalue weighted by Gasteiger charge is -2.15. The Balaban J connectivity index is 1.88. The summed E-state index contributed by atoms with van der Waals surface area (Å²) in [7, 11) is 6.36. The molecule has 1 aliphatic rings. The van der Waals surface area contributed by atoms with E-state index in [1.165, 1.54) is 0 Å². The second-order valence-corrected chi connectivity index (χ2v) is 6.11. The first kappa shape index (κ1) is 19.0. The van der Waals surface area contributed by atoms with E-state index in [-0.39, 0.29) is 6.10 Å². The van der Waals surface area contributed by atoms with E-state index in [1.54, 1.807) is 28.4 Å². The molecule has 0 aliphatic heterocycles. The zero-order valence-electron chi connectivity index (χ0n) is 15.9. The second-order valence-electron chi connectivity index (χ2n) is 6.11. The fourth-order valence-electron chi connectivity index (χ4n) is 3.13. The first-order valence-corrected chi connectivity index (χ1v) is 8.55. The van der Waals surface area contributed by atoms with E-state index in [4.69, 9.17) is 18.9 Å². The standard InChI is InChI=1S/C20H24N2O5/c1-24-13-6-7-14-15(11-13)21-22-19(14)16(23)9-12-5-8-17(25-2)20(27-4)18(10-12)26-3/h5-8,10-11,16-17,23H,9H2,1-4H3,(H,21,22). The van der Waals surface area contributed by atoms with Gasteiger partial charge in [0.15, 0.2) is 11.5 Å². The minimum atomic E-state index is -0.762. The third-order valence-electron chi connectivity index (χ3n) is 4.55. The van der Waals surface area contributed by atoms with E-state index in [9.17, 15) is 5.11 Å². The summed E-state index contributed by atoms with van der Waals surface area (Å²) in [5.74, 6) is 1.87. The number of rotatable bonds is 7. The number of methoxy groups -OCH3 is 4. The minimum absolute atomic E-state index is 0.351. The predicted octanol–water partition coefficient (Wildman–Crippen LogP) is 3.01. The summed E-state index contributed by atoms with van der Waals surface area (Å²) in [6, 6.07) is 5.56.